The number of para-hydroxylation sites is 1. The molecule has 8 aromatic carbocycles. The summed E-state index contributed by atoms with van der Waals surface area (Å²) in [6.45, 7) is 23.9. The van der Waals surface area contributed by atoms with Crippen LogP contribution in [-0.2, 0) is 51.2 Å². The van der Waals surface area contributed by atoms with E-state index in [0.29, 0.717) is 114 Å². The molecule has 0 radical (unpaired) electrons. The lowest BCUT2D eigenvalue weighted by atomic mass is 9.77. The molecule has 0 saturated heterocycles. The Kier molecular flexibility index (Phi) is 53.2. The van der Waals surface area contributed by atoms with E-state index in [0.717, 1.165) is 91.0 Å². The lowest BCUT2D eigenvalue weighted by Gasteiger charge is -2.27. The number of carbonyl (C=O) groups excluding carboxylic acids is 9. The molecule has 0 spiro atoms. The van der Waals surface area contributed by atoms with Gasteiger partial charge in [-0.2, -0.15) is 0 Å². The smallest absolute Gasteiger partial charge is 0.159 e. The highest BCUT2D eigenvalue weighted by Crippen LogP contribution is 2.36. The Morgan fingerprint density at radius 3 is 0.946 bits per heavy atom. The summed E-state index contributed by atoms with van der Waals surface area (Å²) in [4.78, 5) is 96.7. The molecule has 8 aromatic rings. The highest BCUT2D eigenvalue weighted by Gasteiger charge is 2.24. The van der Waals surface area contributed by atoms with E-state index in [-0.39, 0.29) is 46.3 Å². The monoisotopic (exact) mass is 1580 g/mol. The van der Waals surface area contributed by atoms with Crippen LogP contribution in [0.25, 0.3) is 0 Å². The van der Waals surface area contributed by atoms with E-state index in [9.17, 15) is 43.2 Å². The maximum absolute atomic E-state index is 11.2. The maximum Gasteiger partial charge on any atom is 0.159 e. The molecule has 9 rings (SSSR count). The zero-order valence-corrected chi connectivity index (χ0v) is 69.4. The summed E-state index contributed by atoms with van der Waals surface area (Å²) in [6, 6.07) is 69.0. The summed E-state index contributed by atoms with van der Waals surface area (Å²) >= 11 is 3.35. The van der Waals surface area contributed by atoms with E-state index in [4.69, 9.17) is 28.4 Å². The standard InChI is InChI=1S/C14H18O.C13H18O2.C12H14O3.C12H16O2.C11H13BrO2.2C11H14O2.C11H14O/c1-11(15)12-7-9-14(10-8-12)13-5-3-2-4-6-13;1-3-12-6-8-13(9-7-12)15-10-4-5-11(2)14;1-9(13)7-8-15-12-5-3-11(4-6-12)10(2)14;1-10-5-7-12(8-6-10)14-9-3-4-11(2)13;1-9(13)3-2-8-14-11-6-4-10(12)5-7-11;1-9-3-5-11(6-4-9)13-8-7-10(2)12;1-10(12)6-5-9-13-11-7-3-2-4-8-11;1-10(12)6-5-9-11-7-3-2-4-8-11/h2-6,12,14H,7-10H2,1H3;6-9H,3-5,10H2,1-2H3;3-6H,7-8H2,1-2H3;5-8H,3-4,9H2,1-2H3;4-7H,2-3,8H2,1H3;3-6H,7-8H2,1-2H3;2-4,7-8H,5-6,9H2,1H3;2-4,7-8H,5-6,9H2,1H3. The van der Waals surface area contributed by atoms with Crippen LogP contribution in [0.15, 0.2) is 217 Å². The number of aryl methyl sites for hydroxylation is 4. The van der Waals surface area contributed by atoms with Crippen molar-refractivity contribution in [2.75, 3.05) is 39.6 Å². The average molecular weight is 1580 g/mol. The molecule has 1 aliphatic carbocycles. The van der Waals surface area contributed by atoms with Gasteiger partial charge in [-0.1, -0.05) is 149 Å². The minimum Gasteiger partial charge on any atom is -0.494 e. The zero-order valence-electron chi connectivity index (χ0n) is 67.8. The Bertz CT molecular complexity index is 3790. The molecule has 0 heterocycles. The fourth-order valence-electron chi connectivity index (χ4n) is 10.3. The summed E-state index contributed by atoms with van der Waals surface area (Å²) in [7, 11) is 0. The summed E-state index contributed by atoms with van der Waals surface area (Å²) in [5, 5.41) is 0. The summed E-state index contributed by atoms with van der Waals surface area (Å²) in [6.07, 6.45) is 14.7. The molecule has 598 valence electrons. The highest BCUT2D eigenvalue weighted by atomic mass is 79.9. The lowest BCUT2D eigenvalue weighted by molar-refractivity contribution is -0.122. The molecule has 111 heavy (non-hydrogen) atoms. The van der Waals surface area contributed by atoms with E-state index in [2.05, 4.69) is 77.5 Å². The van der Waals surface area contributed by atoms with Crippen LogP contribution < -0.4 is 28.4 Å². The third-order valence-corrected chi connectivity index (χ3v) is 17.3. The number of rotatable bonds is 36. The molecule has 16 heteroatoms. The minimum absolute atomic E-state index is 0.0327. The van der Waals surface area contributed by atoms with Crippen LogP contribution in [0.5, 0.6) is 34.5 Å². The second-order valence-corrected chi connectivity index (χ2v) is 28.2. The van der Waals surface area contributed by atoms with Gasteiger partial charge in [-0.15, -0.1) is 0 Å². The lowest BCUT2D eigenvalue weighted by Crippen LogP contribution is -2.18. The number of hydrogen-bond acceptors (Lipinski definition) is 15. The normalized spacial score (nSPS) is 12.0. The second-order valence-electron chi connectivity index (χ2n) is 27.3. The first kappa shape index (κ1) is 97.1. The summed E-state index contributed by atoms with van der Waals surface area (Å²) in [5.74, 6) is 7.83. The molecule has 0 aromatic heterocycles. The molecular formula is C95H121BrO15. The first-order valence-electron chi connectivity index (χ1n) is 38.7. The van der Waals surface area contributed by atoms with Crippen molar-refractivity contribution in [2.45, 2.75) is 205 Å². The van der Waals surface area contributed by atoms with Gasteiger partial charge < -0.3 is 52.4 Å². The quantitative estimate of drug-likeness (QED) is 0.0264. The van der Waals surface area contributed by atoms with Gasteiger partial charge in [0.1, 0.15) is 80.8 Å². The molecule has 0 atom stereocenters. The molecule has 0 unspecified atom stereocenters. The van der Waals surface area contributed by atoms with Gasteiger partial charge >= 0.3 is 0 Å². The van der Waals surface area contributed by atoms with Crippen molar-refractivity contribution in [1.82, 2.24) is 0 Å². The van der Waals surface area contributed by atoms with Crippen LogP contribution in [0, 0.1) is 19.8 Å². The van der Waals surface area contributed by atoms with Gasteiger partial charge in [0, 0.05) is 60.9 Å². The maximum atomic E-state index is 11.2. The molecular weight excluding hydrogens is 1460 g/mol. The van der Waals surface area contributed by atoms with E-state index < -0.39 is 0 Å². The van der Waals surface area contributed by atoms with E-state index >= 15 is 0 Å². The molecule has 0 amide bonds. The van der Waals surface area contributed by atoms with Gasteiger partial charge in [-0.05, 0) is 266 Å². The Hall–Kier alpha value is -9.93. The molecule has 0 bridgehead atoms. The molecule has 0 aliphatic heterocycles. The largest absolute Gasteiger partial charge is 0.494 e. The van der Waals surface area contributed by atoms with Crippen molar-refractivity contribution in [3.8, 4) is 34.5 Å². The second kappa shape index (κ2) is 60.8. The predicted molar refractivity (Wildman–Crippen MR) is 450 cm³/mol. The van der Waals surface area contributed by atoms with E-state index in [1.165, 1.54) is 54.5 Å². The van der Waals surface area contributed by atoms with Crippen molar-refractivity contribution in [2.24, 2.45) is 5.92 Å². The number of ether oxygens (including phenoxy) is 6. The molecule has 15 nitrogen and oxygen atoms in total. The summed E-state index contributed by atoms with van der Waals surface area (Å²) < 4.78 is 33.5. The van der Waals surface area contributed by atoms with Crippen LogP contribution in [-0.4, -0.2) is 91.7 Å². The molecule has 1 aliphatic rings. The molecule has 1 fully saturated rings. The van der Waals surface area contributed by atoms with Gasteiger partial charge in [0.2, 0.25) is 0 Å². The van der Waals surface area contributed by atoms with Crippen molar-refractivity contribution in [3.05, 3.63) is 250 Å². The van der Waals surface area contributed by atoms with Crippen LogP contribution in [0.3, 0.4) is 0 Å². The third kappa shape index (κ3) is 53.5. The number of hydrogen-bond donors (Lipinski definition) is 0. The topological polar surface area (TPSA) is 209 Å². The van der Waals surface area contributed by atoms with Gasteiger partial charge in [0.15, 0.2) is 5.78 Å². The van der Waals surface area contributed by atoms with Gasteiger partial charge in [0.25, 0.3) is 0 Å². The number of carbonyl (C=O) groups is 9. The van der Waals surface area contributed by atoms with E-state index in [1.807, 2.05) is 147 Å². The Labute approximate surface area is 670 Å². The number of Topliss-reactive ketones (excluding diaryl/α,β-unsaturated/α-hetero) is 9. The first-order valence-corrected chi connectivity index (χ1v) is 39.5. The van der Waals surface area contributed by atoms with Crippen LogP contribution in [0.1, 0.15) is 216 Å². The zero-order chi connectivity index (χ0) is 81.8. The minimum atomic E-state index is 0.0327. The fraction of sp³-hybridized carbons (Fsp3) is 0.400. The van der Waals surface area contributed by atoms with Gasteiger partial charge in [-0.25, -0.2) is 0 Å². The number of ketones is 9. The first-order chi connectivity index (χ1) is 53.2. The highest BCUT2D eigenvalue weighted by molar-refractivity contribution is 9.10. The predicted octanol–water partition coefficient (Wildman–Crippen LogP) is 22.1. The molecule has 1 saturated carbocycles. The van der Waals surface area contributed by atoms with E-state index in [1.54, 1.807) is 72.7 Å². The number of benzene rings is 8. The molecule has 0 N–H and O–H groups in total. The van der Waals surface area contributed by atoms with Crippen molar-refractivity contribution >= 4 is 68.0 Å². The van der Waals surface area contributed by atoms with Crippen molar-refractivity contribution in [1.29, 1.82) is 0 Å². The van der Waals surface area contributed by atoms with Crippen molar-refractivity contribution in [3.63, 3.8) is 0 Å². The van der Waals surface area contributed by atoms with Crippen LogP contribution in [0.2, 0.25) is 0 Å². The van der Waals surface area contributed by atoms with Crippen LogP contribution in [0.4, 0.5) is 0 Å². The number of halogens is 1. The Morgan fingerprint density at radius 2 is 0.613 bits per heavy atom. The Morgan fingerprint density at radius 1 is 0.315 bits per heavy atom. The summed E-state index contributed by atoms with van der Waals surface area (Å²) in [5.41, 5.74) is 7.17. The van der Waals surface area contributed by atoms with Crippen LogP contribution >= 0.6 is 15.9 Å². The SMILES string of the molecule is CC(=O)C1CCC(c2ccccc2)CC1.CC(=O)CCCOc1ccc(Br)cc1.CC(=O)CCCOc1ccc(C)cc1.CC(=O)CCCOc1ccccc1.CC(=O)CCCc1ccccc1.CC(=O)CCOc1ccc(C(C)=O)cc1.CC(=O)CCOc1ccc(C)cc1.CCc1ccc(OCCCC(C)=O)cc1. The van der Waals surface area contributed by atoms with Crippen molar-refractivity contribution < 1.29 is 71.6 Å². The average Bonchev–Trinajstić information content (AvgIpc) is 0.854. The van der Waals surface area contributed by atoms with Gasteiger partial charge in [-0.3, -0.25) is 19.2 Å². The Balaban J connectivity index is 0.000000431. The van der Waals surface area contributed by atoms with Gasteiger partial charge in [0.05, 0.1) is 39.6 Å². The fourth-order valence-corrected chi connectivity index (χ4v) is 10.6. The third-order valence-electron chi connectivity index (χ3n) is 16.8.